The molecule has 0 fully saturated rings. The SMILES string of the molecule is CN1C(=O)CN(CCC[C@@H](CC(=O)O)c2ccc(NC(=O)NCc3ccccc3)cc2)C(=O)c2cc(NC(=O)NCc3ccccc3)ccc21. The highest BCUT2D eigenvalue weighted by Gasteiger charge is 2.30. The van der Waals surface area contributed by atoms with Crippen molar-refractivity contribution in [2.75, 3.05) is 35.7 Å². The quantitative estimate of drug-likeness (QED) is 0.121. The van der Waals surface area contributed by atoms with Crippen molar-refractivity contribution >= 4 is 46.9 Å². The van der Waals surface area contributed by atoms with Crippen LogP contribution in [0.5, 0.6) is 0 Å². The van der Waals surface area contributed by atoms with Crippen molar-refractivity contribution < 1.29 is 29.1 Å². The summed E-state index contributed by atoms with van der Waals surface area (Å²) in [5.74, 6) is -1.94. The first kappa shape index (κ1) is 35.1. The van der Waals surface area contributed by atoms with Gasteiger partial charge >= 0.3 is 18.0 Å². The van der Waals surface area contributed by atoms with Crippen LogP contribution < -0.4 is 26.2 Å². The highest BCUT2D eigenvalue weighted by molar-refractivity contribution is 6.10. The Hall–Kier alpha value is -6.17. The Kier molecular flexibility index (Phi) is 11.8. The first-order valence-electron chi connectivity index (χ1n) is 16.4. The van der Waals surface area contributed by atoms with Gasteiger partial charge in [0, 0.05) is 38.1 Å². The van der Waals surface area contributed by atoms with E-state index >= 15 is 0 Å². The molecular weight excluding hydrogens is 636 g/mol. The number of aliphatic carboxylic acids is 1. The third-order valence-corrected chi connectivity index (χ3v) is 8.47. The van der Waals surface area contributed by atoms with E-state index in [2.05, 4.69) is 21.3 Å². The normalized spacial score (nSPS) is 13.1. The molecule has 1 atom stereocenters. The minimum absolute atomic E-state index is 0.121. The summed E-state index contributed by atoms with van der Waals surface area (Å²) in [6, 6.07) is 30.1. The average Bonchev–Trinajstić information content (AvgIpc) is 3.20. The van der Waals surface area contributed by atoms with Crippen molar-refractivity contribution in [2.45, 2.75) is 38.3 Å². The van der Waals surface area contributed by atoms with Gasteiger partial charge in [-0.15, -0.1) is 0 Å². The van der Waals surface area contributed by atoms with Gasteiger partial charge in [-0.25, -0.2) is 9.59 Å². The molecule has 258 valence electrons. The third-order valence-electron chi connectivity index (χ3n) is 8.47. The first-order chi connectivity index (χ1) is 24.2. The number of anilines is 3. The van der Waals surface area contributed by atoms with Crippen molar-refractivity contribution in [3.05, 3.63) is 125 Å². The second-order valence-electron chi connectivity index (χ2n) is 12.1. The zero-order valence-corrected chi connectivity index (χ0v) is 27.7. The molecule has 6 amide bonds. The molecule has 4 aromatic carbocycles. The number of nitrogens with one attached hydrogen (secondary N) is 4. The van der Waals surface area contributed by atoms with Crippen LogP contribution in [0.15, 0.2) is 103 Å². The number of carboxylic acid groups (broad SMARTS) is 1. The fourth-order valence-electron chi connectivity index (χ4n) is 5.78. The second-order valence-corrected chi connectivity index (χ2v) is 12.1. The van der Waals surface area contributed by atoms with Crippen molar-refractivity contribution in [1.29, 1.82) is 0 Å². The maximum atomic E-state index is 13.7. The number of amides is 6. The molecule has 12 heteroatoms. The minimum Gasteiger partial charge on any atom is -0.481 e. The van der Waals surface area contributed by atoms with Gasteiger partial charge in [0.05, 0.1) is 17.7 Å². The topological polar surface area (TPSA) is 160 Å². The molecule has 0 saturated heterocycles. The molecule has 0 aliphatic carbocycles. The van der Waals surface area contributed by atoms with Crippen molar-refractivity contribution in [2.24, 2.45) is 0 Å². The minimum atomic E-state index is -0.957. The van der Waals surface area contributed by atoms with Crippen LogP contribution in [-0.4, -0.2) is 60.0 Å². The Bertz CT molecular complexity index is 1820. The van der Waals surface area contributed by atoms with Gasteiger partial charge in [0.2, 0.25) is 5.91 Å². The molecule has 0 saturated carbocycles. The van der Waals surface area contributed by atoms with Gasteiger partial charge in [0.1, 0.15) is 6.54 Å². The van der Waals surface area contributed by atoms with Crippen molar-refractivity contribution in [1.82, 2.24) is 15.5 Å². The van der Waals surface area contributed by atoms with E-state index in [0.29, 0.717) is 43.0 Å². The van der Waals surface area contributed by atoms with Crippen molar-refractivity contribution in [3.63, 3.8) is 0 Å². The molecule has 0 aromatic heterocycles. The Balaban J connectivity index is 1.19. The van der Waals surface area contributed by atoms with Gasteiger partial charge in [-0.05, 0) is 65.8 Å². The van der Waals surface area contributed by atoms with E-state index in [1.54, 1.807) is 49.5 Å². The molecule has 1 heterocycles. The van der Waals surface area contributed by atoms with E-state index in [1.165, 1.54) is 9.80 Å². The molecule has 0 radical (unpaired) electrons. The Morgan fingerprint density at radius 1 is 0.760 bits per heavy atom. The average molecular weight is 677 g/mol. The van der Waals surface area contributed by atoms with Crippen molar-refractivity contribution in [3.8, 4) is 0 Å². The van der Waals surface area contributed by atoms with Crippen LogP contribution in [0.3, 0.4) is 0 Å². The lowest BCUT2D eigenvalue weighted by molar-refractivity contribution is -0.137. The number of benzene rings is 4. The summed E-state index contributed by atoms with van der Waals surface area (Å²) in [5.41, 5.74) is 4.37. The fourth-order valence-corrected chi connectivity index (χ4v) is 5.78. The second kappa shape index (κ2) is 16.8. The number of fused-ring (bicyclic) bond motifs is 1. The maximum Gasteiger partial charge on any atom is 0.319 e. The predicted octanol–water partition coefficient (Wildman–Crippen LogP) is 5.79. The van der Waals surface area contributed by atoms with Gasteiger partial charge in [0.15, 0.2) is 0 Å². The third kappa shape index (κ3) is 9.69. The van der Waals surface area contributed by atoms with E-state index in [1.807, 2.05) is 60.7 Å². The summed E-state index contributed by atoms with van der Waals surface area (Å²) in [6.45, 7) is 0.797. The summed E-state index contributed by atoms with van der Waals surface area (Å²) in [4.78, 5) is 66.4. The Morgan fingerprint density at radius 2 is 1.32 bits per heavy atom. The zero-order valence-electron chi connectivity index (χ0n) is 27.7. The van der Waals surface area contributed by atoms with Crippen LogP contribution in [-0.2, 0) is 22.7 Å². The molecule has 1 aliphatic rings. The van der Waals surface area contributed by atoms with E-state index in [-0.39, 0.29) is 48.8 Å². The van der Waals surface area contributed by atoms with Gasteiger partial charge in [-0.1, -0.05) is 72.8 Å². The number of hydrogen-bond donors (Lipinski definition) is 5. The Morgan fingerprint density at radius 3 is 1.90 bits per heavy atom. The van der Waals surface area contributed by atoms with Gasteiger partial charge in [-0.2, -0.15) is 0 Å². The summed E-state index contributed by atoms with van der Waals surface area (Å²) >= 11 is 0. The number of hydrogen-bond acceptors (Lipinski definition) is 5. The molecule has 0 bridgehead atoms. The standard InChI is InChI=1S/C38H40N6O6/c1-43-33-19-18-31(42-38(50)40-24-27-11-6-3-7-12-27)22-32(33)36(48)44(25-34(43)45)20-8-13-29(21-35(46)47)28-14-16-30(17-15-28)41-37(49)39-23-26-9-4-2-5-10-26/h2-7,9-12,14-19,22,29H,8,13,20-21,23-25H2,1H3,(H,46,47)(H2,39,41,49)(H2,40,42,50)/t29-/m0/s1. The van der Waals surface area contributed by atoms with E-state index < -0.39 is 12.0 Å². The van der Waals surface area contributed by atoms with Crippen LogP contribution in [0.2, 0.25) is 0 Å². The summed E-state index contributed by atoms with van der Waals surface area (Å²) in [6.07, 6.45) is 0.766. The number of rotatable bonds is 13. The van der Waals surface area contributed by atoms with Crippen LogP contribution in [0.4, 0.5) is 26.7 Å². The molecule has 5 rings (SSSR count). The number of carbonyl (C=O) groups excluding carboxylic acids is 4. The van der Waals surface area contributed by atoms with Gasteiger partial charge in [0.25, 0.3) is 5.91 Å². The zero-order chi connectivity index (χ0) is 35.5. The molecule has 12 nitrogen and oxygen atoms in total. The summed E-state index contributed by atoms with van der Waals surface area (Å²) in [7, 11) is 1.60. The highest BCUT2D eigenvalue weighted by Crippen LogP contribution is 2.30. The molecule has 1 aliphatic heterocycles. The Labute approximate surface area is 290 Å². The number of carbonyl (C=O) groups is 5. The summed E-state index contributed by atoms with van der Waals surface area (Å²) < 4.78 is 0. The van der Waals surface area contributed by atoms with E-state index in [9.17, 15) is 29.1 Å². The van der Waals surface area contributed by atoms with Crippen LogP contribution >= 0.6 is 0 Å². The van der Waals surface area contributed by atoms with Crippen LogP contribution in [0.1, 0.15) is 52.2 Å². The lowest BCUT2D eigenvalue weighted by atomic mass is 9.91. The van der Waals surface area contributed by atoms with E-state index in [4.69, 9.17) is 0 Å². The number of nitrogens with zero attached hydrogens (tertiary/aromatic N) is 2. The summed E-state index contributed by atoms with van der Waals surface area (Å²) in [5, 5.41) is 20.8. The highest BCUT2D eigenvalue weighted by atomic mass is 16.4. The lowest BCUT2D eigenvalue weighted by Crippen LogP contribution is -2.38. The lowest BCUT2D eigenvalue weighted by Gasteiger charge is -2.22. The number of carboxylic acids is 1. The maximum absolute atomic E-state index is 13.7. The van der Waals surface area contributed by atoms with Crippen LogP contribution in [0.25, 0.3) is 0 Å². The number of urea groups is 2. The van der Waals surface area contributed by atoms with Gasteiger partial charge in [-0.3, -0.25) is 14.4 Å². The van der Waals surface area contributed by atoms with Gasteiger partial charge < -0.3 is 36.2 Å². The fraction of sp³-hybridized carbons (Fsp3) is 0.237. The molecule has 5 N–H and O–H groups in total. The molecule has 0 spiro atoms. The van der Waals surface area contributed by atoms with Crippen LogP contribution in [0, 0.1) is 0 Å². The molecule has 0 unspecified atom stereocenters. The molecule has 4 aromatic rings. The number of likely N-dealkylation sites (N-methyl/N-ethyl adjacent to an activating group) is 1. The largest absolute Gasteiger partial charge is 0.481 e. The smallest absolute Gasteiger partial charge is 0.319 e. The monoisotopic (exact) mass is 676 g/mol. The first-order valence-corrected chi connectivity index (χ1v) is 16.4. The molecular formula is C38H40N6O6. The molecule has 50 heavy (non-hydrogen) atoms. The van der Waals surface area contributed by atoms with E-state index in [0.717, 1.165) is 16.7 Å². The predicted molar refractivity (Wildman–Crippen MR) is 191 cm³/mol.